The van der Waals surface area contributed by atoms with Crippen molar-refractivity contribution in [2.75, 3.05) is 6.26 Å². The summed E-state index contributed by atoms with van der Waals surface area (Å²) in [5.41, 5.74) is 7.84. The van der Waals surface area contributed by atoms with Gasteiger partial charge >= 0.3 is 0 Å². The molecule has 0 bridgehead atoms. The lowest BCUT2D eigenvalue weighted by molar-refractivity contribution is 0.596. The molecule has 2 aromatic rings. The van der Waals surface area contributed by atoms with E-state index in [1.165, 1.54) is 6.26 Å². The van der Waals surface area contributed by atoms with E-state index in [9.17, 15) is 8.42 Å². The fourth-order valence-corrected chi connectivity index (χ4v) is 3.25. The SMILES string of the molecule is CCn1ncc(Br)c1C(N)c1cccc(S(C)(=O)=O)c1. The number of nitrogens with zero attached hydrogens (tertiary/aromatic N) is 2. The fourth-order valence-electron chi connectivity index (χ4n) is 2.03. The molecule has 0 saturated carbocycles. The van der Waals surface area contributed by atoms with Crippen LogP contribution < -0.4 is 5.73 Å². The van der Waals surface area contributed by atoms with E-state index in [-0.39, 0.29) is 4.90 Å². The Morgan fingerprint density at radius 3 is 2.75 bits per heavy atom. The number of aromatic nitrogens is 2. The largest absolute Gasteiger partial charge is 0.319 e. The van der Waals surface area contributed by atoms with Gasteiger partial charge < -0.3 is 5.73 Å². The van der Waals surface area contributed by atoms with Gasteiger partial charge in [0.25, 0.3) is 0 Å². The number of benzene rings is 1. The van der Waals surface area contributed by atoms with E-state index >= 15 is 0 Å². The van der Waals surface area contributed by atoms with E-state index in [0.29, 0.717) is 6.54 Å². The lowest BCUT2D eigenvalue weighted by Gasteiger charge is -2.15. The lowest BCUT2D eigenvalue weighted by atomic mass is 10.0. The van der Waals surface area contributed by atoms with E-state index in [4.69, 9.17) is 5.73 Å². The Balaban J connectivity index is 2.49. The first-order valence-corrected chi connectivity index (χ1v) is 8.79. The predicted octanol–water partition coefficient (Wildman–Crippen LogP) is 2.12. The highest BCUT2D eigenvalue weighted by atomic mass is 79.9. The minimum absolute atomic E-state index is 0.268. The summed E-state index contributed by atoms with van der Waals surface area (Å²) in [6.07, 6.45) is 2.88. The predicted molar refractivity (Wildman–Crippen MR) is 81.2 cm³/mol. The summed E-state index contributed by atoms with van der Waals surface area (Å²) in [6, 6.07) is 6.26. The van der Waals surface area contributed by atoms with E-state index in [1.54, 1.807) is 29.1 Å². The number of aryl methyl sites for hydroxylation is 1. The van der Waals surface area contributed by atoms with Crippen LogP contribution in [0.15, 0.2) is 39.8 Å². The first-order chi connectivity index (χ1) is 9.34. The molecule has 7 heteroatoms. The van der Waals surface area contributed by atoms with Gasteiger partial charge in [-0.2, -0.15) is 5.10 Å². The molecule has 0 saturated heterocycles. The number of nitrogens with two attached hydrogens (primary N) is 1. The van der Waals surface area contributed by atoms with Gasteiger partial charge in [-0.25, -0.2) is 8.42 Å². The highest BCUT2D eigenvalue weighted by molar-refractivity contribution is 9.10. The van der Waals surface area contributed by atoms with E-state index in [0.717, 1.165) is 15.7 Å². The molecular weight excluding hydrogens is 342 g/mol. The molecule has 1 aromatic carbocycles. The molecule has 1 aromatic heterocycles. The van der Waals surface area contributed by atoms with Crippen molar-refractivity contribution in [2.24, 2.45) is 5.73 Å². The second kappa shape index (κ2) is 5.67. The number of hydrogen-bond acceptors (Lipinski definition) is 4. The Bertz CT molecular complexity index is 725. The van der Waals surface area contributed by atoms with Crippen molar-refractivity contribution in [3.63, 3.8) is 0 Å². The van der Waals surface area contributed by atoms with Gasteiger partial charge in [0.05, 0.1) is 27.3 Å². The second-order valence-electron chi connectivity index (χ2n) is 4.52. The third-order valence-electron chi connectivity index (χ3n) is 3.07. The van der Waals surface area contributed by atoms with Crippen LogP contribution in [0.25, 0.3) is 0 Å². The Kier molecular flexibility index (Phi) is 4.31. The maximum atomic E-state index is 11.6. The standard InChI is InChI=1S/C13H16BrN3O2S/c1-3-17-13(11(14)8-16-17)12(15)9-5-4-6-10(7-9)20(2,18)19/h4-8,12H,3,15H2,1-2H3. The Hall–Kier alpha value is -1.18. The van der Waals surface area contributed by atoms with Gasteiger partial charge in [-0.05, 0) is 40.5 Å². The Labute approximate surface area is 126 Å². The molecule has 0 aliphatic heterocycles. The van der Waals surface area contributed by atoms with Gasteiger partial charge in [0.2, 0.25) is 0 Å². The third-order valence-corrected chi connectivity index (χ3v) is 4.79. The van der Waals surface area contributed by atoms with Crippen LogP contribution in [-0.4, -0.2) is 24.5 Å². The summed E-state index contributed by atoms with van der Waals surface area (Å²) < 4.78 is 25.8. The van der Waals surface area contributed by atoms with E-state index < -0.39 is 15.9 Å². The van der Waals surface area contributed by atoms with Crippen LogP contribution in [0.3, 0.4) is 0 Å². The van der Waals surface area contributed by atoms with Gasteiger partial charge in [0.1, 0.15) is 0 Å². The summed E-state index contributed by atoms with van der Waals surface area (Å²) in [5.74, 6) is 0. The summed E-state index contributed by atoms with van der Waals surface area (Å²) >= 11 is 3.43. The molecule has 1 heterocycles. The van der Waals surface area contributed by atoms with Crippen LogP contribution in [0, 0.1) is 0 Å². The molecule has 108 valence electrons. The first kappa shape index (κ1) is 15.2. The van der Waals surface area contributed by atoms with Gasteiger partial charge in [-0.3, -0.25) is 4.68 Å². The van der Waals surface area contributed by atoms with Crippen LogP contribution in [-0.2, 0) is 16.4 Å². The van der Waals surface area contributed by atoms with Gasteiger partial charge in [-0.15, -0.1) is 0 Å². The van der Waals surface area contributed by atoms with Crippen LogP contribution in [0.1, 0.15) is 24.2 Å². The quantitative estimate of drug-likeness (QED) is 0.908. The third kappa shape index (κ3) is 2.94. The molecule has 0 amide bonds. The maximum Gasteiger partial charge on any atom is 0.175 e. The van der Waals surface area contributed by atoms with Gasteiger partial charge in [0.15, 0.2) is 9.84 Å². The summed E-state index contributed by atoms with van der Waals surface area (Å²) in [5, 5.41) is 4.22. The molecule has 5 nitrogen and oxygen atoms in total. The summed E-state index contributed by atoms with van der Waals surface area (Å²) in [4.78, 5) is 0.268. The molecule has 0 fully saturated rings. The first-order valence-electron chi connectivity index (χ1n) is 6.11. The zero-order valence-electron chi connectivity index (χ0n) is 11.2. The molecule has 20 heavy (non-hydrogen) atoms. The number of rotatable bonds is 4. The van der Waals surface area contributed by atoms with Crippen molar-refractivity contribution in [1.82, 2.24) is 9.78 Å². The number of hydrogen-bond donors (Lipinski definition) is 1. The molecule has 1 atom stereocenters. The molecule has 0 aliphatic carbocycles. The highest BCUT2D eigenvalue weighted by Crippen LogP contribution is 2.27. The molecule has 2 N–H and O–H groups in total. The van der Waals surface area contributed by atoms with Crippen molar-refractivity contribution in [3.05, 3.63) is 46.2 Å². The minimum atomic E-state index is -3.24. The minimum Gasteiger partial charge on any atom is -0.319 e. The lowest BCUT2D eigenvalue weighted by Crippen LogP contribution is -2.18. The smallest absolute Gasteiger partial charge is 0.175 e. The molecule has 2 rings (SSSR count). The Morgan fingerprint density at radius 2 is 2.15 bits per heavy atom. The Morgan fingerprint density at radius 1 is 1.45 bits per heavy atom. The van der Waals surface area contributed by atoms with Crippen molar-refractivity contribution in [1.29, 1.82) is 0 Å². The van der Waals surface area contributed by atoms with E-state index in [1.807, 2.05) is 13.0 Å². The maximum absolute atomic E-state index is 11.6. The fraction of sp³-hybridized carbons (Fsp3) is 0.308. The molecule has 1 unspecified atom stereocenters. The second-order valence-corrected chi connectivity index (χ2v) is 7.39. The van der Waals surface area contributed by atoms with Crippen molar-refractivity contribution in [3.8, 4) is 0 Å². The van der Waals surface area contributed by atoms with E-state index in [2.05, 4.69) is 21.0 Å². The molecule has 0 aliphatic rings. The average molecular weight is 358 g/mol. The normalized spacial score (nSPS) is 13.4. The number of halogens is 1. The average Bonchev–Trinajstić information content (AvgIpc) is 2.78. The molecule has 0 spiro atoms. The molecule has 0 radical (unpaired) electrons. The topological polar surface area (TPSA) is 78.0 Å². The van der Waals surface area contributed by atoms with Crippen molar-refractivity contribution in [2.45, 2.75) is 24.4 Å². The van der Waals surface area contributed by atoms with Crippen molar-refractivity contribution >= 4 is 25.8 Å². The van der Waals surface area contributed by atoms with Crippen LogP contribution in [0.4, 0.5) is 0 Å². The zero-order chi connectivity index (χ0) is 14.9. The highest BCUT2D eigenvalue weighted by Gasteiger charge is 2.19. The van der Waals surface area contributed by atoms with Gasteiger partial charge in [0, 0.05) is 12.8 Å². The van der Waals surface area contributed by atoms with Crippen molar-refractivity contribution < 1.29 is 8.42 Å². The monoisotopic (exact) mass is 357 g/mol. The van der Waals surface area contributed by atoms with Gasteiger partial charge in [-0.1, -0.05) is 12.1 Å². The van der Waals surface area contributed by atoms with Crippen LogP contribution in [0.5, 0.6) is 0 Å². The summed E-state index contributed by atoms with van der Waals surface area (Å²) in [6.45, 7) is 2.67. The van der Waals surface area contributed by atoms with Crippen LogP contribution in [0.2, 0.25) is 0 Å². The number of sulfone groups is 1. The summed E-state index contributed by atoms with van der Waals surface area (Å²) in [7, 11) is -3.24. The molecular formula is C13H16BrN3O2S. The van der Waals surface area contributed by atoms with Crippen LogP contribution >= 0.6 is 15.9 Å². The zero-order valence-corrected chi connectivity index (χ0v) is 13.6.